The first kappa shape index (κ1) is 13.7. The molecular weight excluding hydrogens is 268 g/mol. The Morgan fingerprint density at radius 1 is 1.24 bits per heavy atom. The van der Waals surface area contributed by atoms with Crippen LogP contribution in [0.15, 0.2) is 48.9 Å². The summed E-state index contributed by atoms with van der Waals surface area (Å²) in [7, 11) is 0. The largest absolute Gasteiger partial charge is 0.622 e. The third kappa shape index (κ3) is 2.09. The fraction of sp³-hybridized carbons (Fsp3) is 0.267. The molecule has 0 unspecified atom stereocenters. The van der Waals surface area contributed by atoms with Crippen molar-refractivity contribution in [1.29, 1.82) is 0 Å². The Balaban J connectivity index is 2.15. The Morgan fingerprint density at radius 2 is 2.05 bits per heavy atom. The van der Waals surface area contributed by atoms with E-state index in [9.17, 15) is 10.4 Å². The average Bonchev–Trinajstić information content (AvgIpc) is 2.67. The first-order chi connectivity index (χ1) is 10.0. The van der Waals surface area contributed by atoms with Crippen LogP contribution in [-0.2, 0) is 0 Å². The van der Waals surface area contributed by atoms with E-state index in [1.54, 1.807) is 56.7 Å². The van der Waals surface area contributed by atoms with Gasteiger partial charge in [0.2, 0.25) is 5.71 Å². The minimum absolute atomic E-state index is 0.430. The summed E-state index contributed by atoms with van der Waals surface area (Å²) in [6.07, 6.45) is 4.01. The summed E-state index contributed by atoms with van der Waals surface area (Å²) in [5, 5.41) is 24.3. The van der Waals surface area contributed by atoms with E-state index < -0.39 is 11.7 Å². The molecule has 0 saturated carbocycles. The zero-order valence-corrected chi connectivity index (χ0v) is 11.8. The van der Waals surface area contributed by atoms with Gasteiger partial charge in [-0.05, 0) is 38.1 Å². The van der Waals surface area contributed by atoms with E-state index in [1.165, 1.54) is 0 Å². The highest BCUT2D eigenvalue weighted by Gasteiger charge is 2.53. The molecule has 108 valence electrons. The molecule has 3 rings (SSSR count). The van der Waals surface area contributed by atoms with E-state index >= 15 is 0 Å². The number of rotatable bonds is 2. The molecule has 0 radical (unpaired) electrons. The maximum atomic E-state index is 12.7. The van der Waals surface area contributed by atoms with E-state index in [2.05, 4.69) is 9.97 Å². The highest BCUT2D eigenvalue weighted by Crippen LogP contribution is 2.35. The summed E-state index contributed by atoms with van der Waals surface area (Å²) in [4.78, 5) is 8.25. The van der Waals surface area contributed by atoms with Crippen LogP contribution in [0.3, 0.4) is 0 Å². The molecule has 1 N–H and O–H groups in total. The summed E-state index contributed by atoms with van der Waals surface area (Å²) >= 11 is 0. The van der Waals surface area contributed by atoms with Crippen molar-refractivity contribution in [2.75, 3.05) is 0 Å². The van der Waals surface area contributed by atoms with Crippen LogP contribution in [0.4, 0.5) is 0 Å². The molecule has 0 amide bonds. The Hall–Kier alpha value is -2.31. The lowest BCUT2D eigenvalue weighted by atomic mass is 9.96. The first-order valence-electron chi connectivity index (χ1n) is 6.67. The molecule has 21 heavy (non-hydrogen) atoms. The van der Waals surface area contributed by atoms with Gasteiger partial charge in [-0.3, -0.25) is 9.97 Å². The molecular formula is C15H16N4O2. The van der Waals surface area contributed by atoms with Crippen LogP contribution < -0.4 is 0 Å². The molecule has 0 fully saturated rings. The number of hydroxylamine groups is 3. The van der Waals surface area contributed by atoms with Gasteiger partial charge in [0.15, 0.2) is 0 Å². The topological polar surface area (TPSA) is 75.3 Å². The number of hydrogen-bond acceptors (Lipinski definition) is 5. The Bertz CT molecular complexity index is 671. The molecule has 0 saturated heterocycles. The molecule has 6 nitrogen and oxygen atoms in total. The van der Waals surface area contributed by atoms with Crippen LogP contribution in [-0.4, -0.2) is 36.2 Å². The second kappa shape index (κ2) is 4.91. The Kier molecular flexibility index (Phi) is 3.19. The van der Waals surface area contributed by atoms with Crippen molar-refractivity contribution in [2.45, 2.75) is 25.6 Å². The summed E-state index contributed by atoms with van der Waals surface area (Å²) in [6.45, 7) is 3.58. The molecule has 6 heteroatoms. The van der Waals surface area contributed by atoms with Crippen molar-refractivity contribution < 1.29 is 9.95 Å². The highest BCUT2D eigenvalue weighted by atomic mass is 16.5. The first-order valence-corrected chi connectivity index (χ1v) is 6.67. The SMILES string of the molecule is CC1(C)C(c2ccccn2)=[N+]([O-])[C@@H](c2cccnc2)N1O. The van der Waals surface area contributed by atoms with Gasteiger partial charge in [-0.2, -0.15) is 4.74 Å². The standard InChI is InChI=1S/C15H16N4O2/c1-15(2)13(12-7-3-4-9-17-12)18(20)14(19(15)21)11-6-5-8-16-10-11/h3-10,14,21H,1-2H3/t14-/m1/s1. The fourth-order valence-electron chi connectivity index (χ4n) is 2.64. The fourth-order valence-corrected chi connectivity index (χ4v) is 2.64. The molecule has 2 aromatic heterocycles. The van der Waals surface area contributed by atoms with Gasteiger partial charge in [-0.25, -0.2) is 0 Å². The van der Waals surface area contributed by atoms with Crippen molar-refractivity contribution in [1.82, 2.24) is 15.0 Å². The van der Waals surface area contributed by atoms with Gasteiger partial charge in [0, 0.05) is 18.6 Å². The lowest BCUT2D eigenvalue weighted by molar-refractivity contribution is -0.544. The lowest BCUT2D eigenvalue weighted by Gasteiger charge is -2.25. The molecule has 1 aliphatic rings. The number of pyridine rings is 2. The van der Waals surface area contributed by atoms with E-state index in [-0.39, 0.29) is 0 Å². The van der Waals surface area contributed by atoms with E-state index in [0.717, 1.165) is 9.80 Å². The van der Waals surface area contributed by atoms with Crippen LogP contribution in [0, 0.1) is 5.21 Å². The van der Waals surface area contributed by atoms with Crippen LogP contribution >= 0.6 is 0 Å². The van der Waals surface area contributed by atoms with Gasteiger partial charge in [-0.15, -0.1) is 5.06 Å². The van der Waals surface area contributed by atoms with Crippen molar-refractivity contribution in [3.63, 3.8) is 0 Å². The number of aromatic nitrogens is 2. The average molecular weight is 284 g/mol. The van der Waals surface area contributed by atoms with E-state index in [0.29, 0.717) is 17.0 Å². The molecule has 0 spiro atoms. The summed E-state index contributed by atoms with van der Waals surface area (Å²) < 4.78 is 0.805. The third-order valence-electron chi connectivity index (χ3n) is 3.72. The maximum absolute atomic E-state index is 12.7. The van der Waals surface area contributed by atoms with E-state index in [4.69, 9.17) is 0 Å². The van der Waals surface area contributed by atoms with Crippen molar-refractivity contribution in [3.05, 3.63) is 65.4 Å². The minimum Gasteiger partial charge on any atom is -0.622 e. The monoisotopic (exact) mass is 284 g/mol. The van der Waals surface area contributed by atoms with Crippen LogP contribution in [0.25, 0.3) is 0 Å². The van der Waals surface area contributed by atoms with Crippen LogP contribution in [0.2, 0.25) is 0 Å². The predicted octanol–water partition coefficient (Wildman–Crippen LogP) is 1.96. The van der Waals surface area contributed by atoms with Gasteiger partial charge in [0.1, 0.15) is 11.2 Å². The zero-order chi connectivity index (χ0) is 15.0. The van der Waals surface area contributed by atoms with Crippen molar-refractivity contribution in [2.24, 2.45) is 0 Å². The minimum atomic E-state index is -0.851. The van der Waals surface area contributed by atoms with Gasteiger partial charge in [-0.1, -0.05) is 6.07 Å². The second-order valence-corrected chi connectivity index (χ2v) is 5.45. The lowest BCUT2D eigenvalue weighted by Crippen LogP contribution is -2.44. The third-order valence-corrected chi connectivity index (χ3v) is 3.72. The van der Waals surface area contributed by atoms with E-state index in [1.807, 2.05) is 6.07 Å². The van der Waals surface area contributed by atoms with Gasteiger partial charge in [0.25, 0.3) is 6.17 Å². The molecule has 1 atom stereocenters. The molecule has 2 aromatic rings. The van der Waals surface area contributed by atoms with Gasteiger partial charge < -0.3 is 10.4 Å². The summed E-state index contributed by atoms with van der Waals surface area (Å²) in [6, 6.07) is 8.88. The Labute approximate surface area is 122 Å². The molecule has 3 heterocycles. The predicted molar refractivity (Wildman–Crippen MR) is 76.7 cm³/mol. The normalized spacial score (nSPS) is 21.8. The van der Waals surface area contributed by atoms with Crippen LogP contribution in [0.5, 0.6) is 0 Å². The Morgan fingerprint density at radius 3 is 2.67 bits per heavy atom. The highest BCUT2D eigenvalue weighted by molar-refractivity contribution is 6.02. The number of hydrogen-bond donors (Lipinski definition) is 1. The molecule has 0 bridgehead atoms. The summed E-state index contributed by atoms with van der Waals surface area (Å²) in [5.41, 5.74) is 0.771. The summed E-state index contributed by atoms with van der Waals surface area (Å²) in [5.74, 6) is 0. The van der Waals surface area contributed by atoms with Gasteiger partial charge >= 0.3 is 0 Å². The van der Waals surface area contributed by atoms with Gasteiger partial charge in [0.05, 0.1) is 5.56 Å². The van der Waals surface area contributed by atoms with Crippen molar-refractivity contribution in [3.8, 4) is 0 Å². The maximum Gasteiger partial charge on any atom is 0.269 e. The van der Waals surface area contributed by atoms with Crippen molar-refractivity contribution >= 4 is 5.71 Å². The zero-order valence-electron chi connectivity index (χ0n) is 11.8. The number of nitrogens with zero attached hydrogens (tertiary/aromatic N) is 4. The molecule has 0 aromatic carbocycles. The smallest absolute Gasteiger partial charge is 0.269 e. The molecule has 0 aliphatic carbocycles. The quantitative estimate of drug-likeness (QED) is 0.674. The molecule has 1 aliphatic heterocycles. The van der Waals surface area contributed by atoms with Crippen LogP contribution in [0.1, 0.15) is 31.3 Å². The second-order valence-electron chi connectivity index (χ2n) is 5.45.